The van der Waals surface area contributed by atoms with Gasteiger partial charge in [-0.05, 0) is 47.3 Å². The van der Waals surface area contributed by atoms with E-state index in [1.54, 1.807) is 0 Å². The second-order valence-electron chi connectivity index (χ2n) is 8.27. The van der Waals surface area contributed by atoms with E-state index in [4.69, 9.17) is 9.72 Å². The molecule has 2 aliphatic heterocycles. The van der Waals surface area contributed by atoms with Crippen LogP contribution in [0.5, 0.6) is 5.75 Å². The predicted octanol–water partition coefficient (Wildman–Crippen LogP) is 4.90. The third-order valence-corrected chi connectivity index (χ3v) is 6.26. The molecular weight excluding hydrogens is 450 g/mol. The minimum absolute atomic E-state index is 0. The number of likely N-dealkylation sites (N-methyl/N-ethyl adjacent to an activating group) is 1. The van der Waals surface area contributed by atoms with Crippen molar-refractivity contribution < 1.29 is 9.50 Å². The average Bonchev–Trinajstić information content (AvgIpc) is 3.28. The van der Waals surface area contributed by atoms with Gasteiger partial charge in [0.1, 0.15) is 11.6 Å². The molecule has 0 bridgehead atoms. The lowest BCUT2D eigenvalue weighted by Gasteiger charge is -2.35. The Bertz CT molecular complexity index is 1220. The van der Waals surface area contributed by atoms with Crippen LogP contribution in [0.4, 0.5) is 5.82 Å². The summed E-state index contributed by atoms with van der Waals surface area (Å²) < 4.78 is 6.58. The molecule has 0 spiro atoms. The van der Waals surface area contributed by atoms with Gasteiger partial charge in [-0.3, -0.25) is 0 Å². The topological polar surface area (TPSA) is 61.0 Å². The number of pyridine rings is 1. The summed E-state index contributed by atoms with van der Waals surface area (Å²) in [7, 11) is 0. The van der Waals surface area contributed by atoms with Crippen molar-refractivity contribution in [1.82, 2.24) is 9.88 Å². The summed E-state index contributed by atoms with van der Waals surface area (Å²) in [4.78, 5) is 25.5. The maximum absolute atomic E-state index is 11.5. The van der Waals surface area contributed by atoms with E-state index < -0.39 is 0 Å². The van der Waals surface area contributed by atoms with Gasteiger partial charge in [0.15, 0.2) is 12.4 Å². The molecule has 0 aliphatic carbocycles. The molecular formula is C26H29ClN5O2+. The Balaban J connectivity index is 0.00000274. The van der Waals surface area contributed by atoms with Crippen LogP contribution in [0.25, 0.3) is 22.0 Å². The number of anilines is 1. The van der Waals surface area contributed by atoms with Crippen LogP contribution in [0.1, 0.15) is 13.3 Å². The van der Waals surface area contributed by atoms with Crippen LogP contribution in [0.3, 0.4) is 0 Å². The summed E-state index contributed by atoms with van der Waals surface area (Å²) in [5.41, 5.74) is 2.01. The fraction of sp³-hybridized carbons (Fsp3) is 0.308. The highest BCUT2D eigenvalue weighted by Crippen LogP contribution is 2.31. The lowest BCUT2D eigenvalue weighted by atomic mass is 10.1. The molecule has 0 radical (unpaired) electrons. The van der Waals surface area contributed by atoms with Crippen molar-refractivity contribution in [3.63, 3.8) is 0 Å². The van der Waals surface area contributed by atoms with Crippen molar-refractivity contribution in [2.45, 2.75) is 13.3 Å². The Labute approximate surface area is 205 Å². The van der Waals surface area contributed by atoms with Crippen molar-refractivity contribution in [2.24, 2.45) is 4.99 Å². The quantitative estimate of drug-likeness (QED) is 0.452. The molecule has 7 nitrogen and oxygen atoms in total. The highest BCUT2D eigenvalue weighted by atomic mass is 35.5. The SMILES string of the molecule is CCN1CCN(c2nc(-c3ccc(OCCC4=NC=C[N+]4=O)cc3)cc3ccccc23)CC1.Cl. The third kappa shape index (κ3) is 5.11. The van der Waals surface area contributed by atoms with Gasteiger partial charge in [0.05, 0.1) is 18.7 Å². The number of hydrogen-bond acceptors (Lipinski definition) is 6. The van der Waals surface area contributed by atoms with Crippen LogP contribution in [-0.4, -0.2) is 59.8 Å². The number of piperazine rings is 1. The first kappa shape index (κ1) is 23.9. The highest BCUT2D eigenvalue weighted by Gasteiger charge is 2.21. The third-order valence-electron chi connectivity index (χ3n) is 6.26. The number of aliphatic imine (C=N–C) groups is 1. The molecule has 0 saturated carbocycles. The smallest absolute Gasteiger partial charge is 0.345 e. The van der Waals surface area contributed by atoms with E-state index in [-0.39, 0.29) is 12.4 Å². The molecule has 1 saturated heterocycles. The number of nitrogens with zero attached hydrogens (tertiary/aromatic N) is 5. The molecule has 0 unspecified atom stereocenters. The molecule has 1 aromatic heterocycles. The van der Waals surface area contributed by atoms with Gasteiger partial charge in [0, 0.05) is 41.9 Å². The monoisotopic (exact) mass is 478 g/mol. The Hall–Kier alpha value is -3.29. The van der Waals surface area contributed by atoms with Gasteiger partial charge in [-0.2, -0.15) is 0 Å². The van der Waals surface area contributed by atoms with E-state index in [2.05, 4.69) is 52.0 Å². The number of hydrogen-bond donors (Lipinski definition) is 0. The van der Waals surface area contributed by atoms with Crippen molar-refractivity contribution >= 4 is 34.8 Å². The van der Waals surface area contributed by atoms with Crippen molar-refractivity contribution in [3.05, 3.63) is 71.9 Å². The normalized spacial score (nSPS) is 16.0. The van der Waals surface area contributed by atoms with E-state index in [1.165, 1.54) is 23.2 Å². The molecule has 0 amide bonds. The second-order valence-corrected chi connectivity index (χ2v) is 8.27. The first-order chi connectivity index (χ1) is 16.2. The molecule has 0 N–H and O–H groups in total. The number of aromatic nitrogens is 1. The molecule has 8 heteroatoms. The molecule has 3 aromatic rings. The fourth-order valence-corrected chi connectivity index (χ4v) is 4.32. The standard InChI is InChI=1S/C26H28N5O2.ClH/c1-2-29-14-16-30(17-15-29)26-23-6-4-3-5-21(23)19-24(28-26)20-7-9-22(10-8-20)33-18-11-25-27-12-13-31(25)32;/h3-10,12-13,19H,2,11,14-18H2,1H3;1H/q+1;. The maximum atomic E-state index is 11.5. The summed E-state index contributed by atoms with van der Waals surface area (Å²) in [5.74, 6) is 2.30. The van der Waals surface area contributed by atoms with Crippen LogP contribution >= 0.6 is 12.4 Å². The predicted molar refractivity (Wildman–Crippen MR) is 139 cm³/mol. The summed E-state index contributed by atoms with van der Waals surface area (Å²) in [5, 5.41) is 2.40. The van der Waals surface area contributed by atoms with Gasteiger partial charge >= 0.3 is 5.84 Å². The summed E-state index contributed by atoms with van der Waals surface area (Å²) in [6.45, 7) is 7.82. The van der Waals surface area contributed by atoms with Crippen LogP contribution in [0, 0.1) is 4.91 Å². The highest BCUT2D eigenvalue weighted by molar-refractivity contribution is 5.95. The first-order valence-electron chi connectivity index (χ1n) is 11.5. The molecule has 5 rings (SSSR count). The number of nitroso groups, excluding NO2 is 1. The Morgan fingerprint density at radius 1 is 1.03 bits per heavy atom. The number of rotatable bonds is 7. The van der Waals surface area contributed by atoms with Gasteiger partial charge in [-0.1, -0.05) is 36.1 Å². The first-order valence-corrected chi connectivity index (χ1v) is 11.5. The van der Waals surface area contributed by atoms with E-state index in [1.807, 2.05) is 24.3 Å². The molecule has 0 atom stereocenters. The minimum atomic E-state index is 0. The van der Waals surface area contributed by atoms with Gasteiger partial charge in [0.2, 0.25) is 0 Å². The number of amidine groups is 1. The Kier molecular flexibility index (Phi) is 7.55. The number of fused-ring (bicyclic) bond motifs is 1. The number of benzene rings is 2. The number of halogens is 1. The molecule has 3 heterocycles. The largest absolute Gasteiger partial charge is 0.493 e. The summed E-state index contributed by atoms with van der Waals surface area (Å²) in [6, 6.07) is 18.6. The van der Waals surface area contributed by atoms with Gasteiger partial charge in [-0.15, -0.1) is 12.4 Å². The lowest BCUT2D eigenvalue weighted by molar-refractivity contribution is -0.348. The molecule has 1 fully saturated rings. The van der Waals surface area contributed by atoms with Gasteiger partial charge in [0.25, 0.3) is 0 Å². The number of ether oxygens (including phenoxy) is 1. The van der Waals surface area contributed by atoms with E-state index in [0.717, 1.165) is 60.3 Å². The van der Waals surface area contributed by atoms with Crippen LogP contribution in [-0.2, 0) is 0 Å². The summed E-state index contributed by atoms with van der Waals surface area (Å²) >= 11 is 0. The van der Waals surface area contributed by atoms with Crippen LogP contribution in [0.2, 0.25) is 0 Å². The average molecular weight is 479 g/mol. The zero-order valence-electron chi connectivity index (χ0n) is 19.3. The lowest BCUT2D eigenvalue weighted by Crippen LogP contribution is -2.46. The second kappa shape index (κ2) is 10.8. The van der Waals surface area contributed by atoms with Crippen LogP contribution < -0.4 is 9.64 Å². The molecule has 2 aliphatic rings. The maximum Gasteiger partial charge on any atom is 0.345 e. The molecule has 34 heavy (non-hydrogen) atoms. The van der Waals surface area contributed by atoms with E-state index in [0.29, 0.717) is 18.9 Å². The van der Waals surface area contributed by atoms with E-state index >= 15 is 0 Å². The van der Waals surface area contributed by atoms with Crippen molar-refractivity contribution in [1.29, 1.82) is 0 Å². The van der Waals surface area contributed by atoms with Gasteiger partial charge < -0.3 is 14.5 Å². The van der Waals surface area contributed by atoms with Crippen molar-refractivity contribution in [2.75, 3.05) is 44.2 Å². The van der Waals surface area contributed by atoms with Gasteiger partial charge in [-0.25, -0.2) is 4.98 Å². The van der Waals surface area contributed by atoms with Crippen LogP contribution in [0.15, 0.2) is 72.0 Å². The minimum Gasteiger partial charge on any atom is -0.493 e. The Morgan fingerprint density at radius 2 is 1.79 bits per heavy atom. The summed E-state index contributed by atoms with van der Waals surface area (Å²) in [6.07, 6.45) is 3.38. The zero-order valence-corrected chi connectivity index (χ0v) is 20.1. The fourth-order valence-electron chi connectivity index (χ4n) is 4.32. The zero-order chi connectivity index (χ0) is 22.6. The molecule has 176 valence electrons. The van der Waals surface area contributed by atoms with Crippen molar-refractivity contribution in [3.8, 4) is 17.0 Å². The van der Waals surface area contributed by atoms with E-state index in [9.17, 15) is 4.91 Å². The molecule has 2 aromatic carbocycles. The Morgan fingerprint density at radius 3 is 2.50 bits per heavy atom.